The van der Waals surface area contributed by atoms with Gasteiger partial charge in [0.05, 0.1) is 10.9 Å². The number of rotatable bonds is 4. The Bertz CT molecular complexity index is 1030. The number of anilines is 1. The number of fused-ring (bicyclic) bond motifs is 1. The molecule has 6 heteroatoms. The molecule has 0 aliphatic carbocycles. The maximum Gasteiger partial charge on any atom is 0.261 e. The molecule has 1 saturated heterocycles. The van der Waals surface area contributed by atoms with Crippen molar-refractivity contribution in [3.63, 3.8) is 0 Å². The largest absolute Gasteiger partial charge is 0.368 e. The second-order valence-corrected chi connectivity index (χ2v) is 8.01. The van der Waals surface area contributed by atoms with Gasteiger partial charge in [-0.2, -0.15) is 0 Å². The fourth-order valence-corrected chi connectivity index (χ4v) is 4.45. The molecule has 4 rings (SSSR count). The molecule has 5 nitrogen and oxygen atoms in total. The third-order valence-electron chi connectivity index (χ3n) is 4.64. The molecular weight excluding hydrogens is 346 g/mol. The van der Waals surface area contributed by atoms with Crippen LogP contribution < -0.4 is 10.2 Å². The van der Waals surface area contributed by atoms with Gasteiger partial charge in [-0.05, 0) is 29.8 Å². The number of benzene rings is 2. The molecule has 1 aliphatic rings. The Hall–Kier alpha value is -2.57. The van der Waals surface area contributed by atoms with Crippen LogP contribution in [0.5, 0.6) is 0 Å². The molecule has 1 aliphatic heterocycles. The van der Waals surface area contributed by atoms with Crippen LogP contribution in [0.2, 0.25) is 0 Å². The molecule has 0 radical (unpaired) electrons. The summed E-state index contributed by atoms with van der Waals surface area (Å²) in [6, 6.07) is 17.2. The molecule has 1 N–H and O–H groups in total. The van der Waals surface area contributed by atoms with Gasteiger partial charge in [0.2, 0.25) is 0 Å². The van der Waals surface area contributed by atoms with E-state index in [1.165, 1.54) is 9.38 Å². The summed E-state index contributed by atoms with van der Waals surface area (Å²) >= 11 is 0. The molecule has 1 fully saturated rings. The van der Waals surface area contributed by atoms with Gasteiger partial charge < -0.3 is 10.2 Å². The average Bonchev–Trinajstić information content (AvgIpc) is 3.13. The maximum absolute atomic E-state index is 12.8. The first-order valence-corrected chi connectivity index (χ1v) is 10.2. The predicted molar refractivity (Wildman–Crippen MR) is 107 cm³/mol. The van der Waals surface area contributed by atoms with Crippen molar-refractivity contribution < 1.29 is 8.42 Å². The standard InChI is InChI=1S/C20H21N3O2S/c24-26(25,16-10-17-5-2-1-3-6-17)23-13-9-18-19(7-4-8-20(18)23)22-14-11-21-12-15-22/h1-10,13,16,21H,11-12,14-15H2/b16-10+. The van der Waals surface area contributed by atoms with E-state index in [4.69, 9.17) is 0 Å². The lowest BCUT2D eigenvalue weighted by atomic mass is 10.2. The molecule has 0 amide bonds. The summed E-state index contributed by atoms with van der Waals surface area (Å²) < 4.78 is 27.0. The Kier molecular flexibility index (Phi) is 4.53. The summed E-state index contributed by atoms with van der Waals surface area (Å²) in [5.41, 5.74) is 2.65. The van der Waals surface area contributed by atoms with Crippen LogP contribution in [0.15, 0.2) is 66.2 Å². The third kappa shape index (κ3) is 3.25. The molecule has 0 unspecified atom stereocenters. The van der Waals surface area contributed by atoms with E-state index in [0.29, 0.717) is 5.52 Å². The second-order valence-electron chi connectivity index (χ2n) is 6.32. The zero-order valence-electron chi connectivity index (χ0n) is 14.4. The molecule has 0 spiro atoms. The summed E-state index contributed by atoms with van der Waals surface area (Å²) in [5, 5.41) is 5.57. The highest BCUT2D eigenvalue weighted by Gasteiger charge is 2.18. The minimum Gasteiger partial charge on any atom is -0.368 e. The van der Waals surface area contributed by atoms with E-state index < -0.39 is 10.0 Å². The summed E-state index contributed by atoms with van der Waals surface area (Å²) in [7, 11) is -3.58. The van der Waals surface area contributed by atoms with E-state index in [1.54, 1.807) is 12.3 Å². The Morgan fingerprint density at radius 3 is 2.46 bits per heavy atom. The highest BCUT2D eigenvalue weighted by atomic mass is 32.2. The number of nitrogens with zero attached hydrogens (tertiary/aromatic N) is 2. The van der Waals surface area contributed by atoms with Gasteiger partial charge in [-0.1, -0.05) is 36.4 Å². The van der Waals surface area contributed by atoms with Crippen molar-refractivity contribution in [2.24, 2.45) is 0 Å². The normalized spacial score (nSPS) is 15.8. The van der Waals surface area contributed by atoms with E-state index in [2.05, 4.69) is 16.3 Å². The van der Waals surface area contributed by atoms with Gasteiger partial charge in [-0.25, -0.2) is 12.4 Å². The first-order chi connectivity index (χ1) is 12.6. The summed E-state index contributed by atoms with van der Waals surface area (Å²) in [4.78, 5) is 2.30. The molecule has 0 atom stereocenters. The number of hydrogen-bond acceptors (Lipinski definition) is 4. The Morgan fingerprint density at radius 2 is 1.69 bits per heavy atom. The lowest BCUT2D eigenvalue weighted by Gasteiger charge is -2.30. The lowest BCUT2D eigenvalue weighted by Crippen LogP contribution is -2.43. The van der Waals surface area contributed by atoms with Crippen LogP contribution in [0.1, 0.15) is 5.56 Å². The summed E-state index contributed by atoms with van der Waals surface area (Å²) in [5.74, 6) is 0. The zero-order chi connectivity index (χ0) is 18.0. The average molecular weight is 367 g/mol. The van der Waals surface area contributed by atoms with Crippen molar-refractivity contribution in [3.8, 4) is 0 Å². The lowest BCUT2D eigenvalue weighted by molar-refractivity contribution is 0.590. The quantitative estimate of drug-likeness (QED) is 0.770. The van der Waals surface area contributed by atoms with Crippen LogP contribution in [0, 0.1) is 0 Å². The second kappa shape index (κ2) is 6.97. The third-order valence-corrected chi connectivity index (χ3v) is 5.98. The van der Waals surface area contributed by atoms with Crippen molar-refractivity contribution in [2.45, 2.75) is 0 Å². The molecule has 0 saturated carbocycles. The Balaban J connectivity index is 1.72. The van der Waals surface area contributed by atoms with Crippen molar-refractivity contribution in [1.82, 2.24) is 9.29 Å². The van der Waals surface area contributed by atoms with Crippen LogP contribution in [-0.2, 0) is 10.0 Å². The number of hydrogen-bond donors (Lipinski definition) is 1. The molecule has 2 heterocycles. The molecular formula is C20H21N3O2S. The van der Waals surface area contributed by atoms with Gasteiger partial charge in [0.15, 0.2) is 0 Å². The topological polar surface area (TPSA) is 54.3 Å². The van der Waals surface area contributed by atoms with Crippen LogP contribution in [-0.4, -0.2) is 38.6 Å². The van der Waals surface area contributed by atoms with Crippen molar-refractivity contribution in [2.75, 3.05) is 31.1 Å². The Morgan fingerprint density at radius 1 is 0.923 bits per heavy atom. The predicted octanol–water partition coefficient (Wildman–Crippen LogP) is 2.90. The molecule has 2 aromatic carbocycles. The smallest absolute Gasteiger partial charge is 0.261 e. The SMILES string of the molecule is O=S(=O)(/C=C/c1ccccc1)n1ccc2c(N3CCNCC3)cccc21. The van der Waals surface area contributed by atoms with E-state index in [-0.39, 0.29) is 0 Å². The van der Waals surface area contributed by atoms with Crippen LogP contribution in [0.4, 0.5) is 5.69 Å². The number of piperazine rings is 1. The van der Waals surface area contributed by atoms with Gasteiger partial charge in [0.1, 0.15) is 0 Å². The Labute approximate surface area is 153 Å². The monoisotopic (exact) mass is 367 g/mol. The molecule has 1 aromatic heterocycles. The number of nitrogens with one attached hydrogen (secondary N) is 1. The highest BCUT2D eigenvalue weighted by molar-refractivity contribution is 7.93. The van der Waals surface area contributed by atoms with Crippen molar-refractivity contribution >= 4 is 32.7 Å². The molecule has 134 valence electrons. The highest BCUT2D eigenvalue weighted by Crippen LogP contribution is 2.29. The molecule has 26 heavy (non-hydrogen) atoms. The van der Waals surface area contributed by atoms with Crippen LogP contribution in [0.25, 0.3) is 17.0 Å². The zero-order valence-corrected chi connectivity index (χ0v) is 15.2. The van der Waals surface area contributed by atoms with E-state index in [9.17, 15) is 8.42 Å². The van der Waals surface area contributed by atoms with Crippen molar-refractivity contribution in [1.29, 1.82) is 0 Å². The van der Waals surface area contributed by atoms with Gasteiger partial charge in [0.25, 0.3) is 10.0 Å². The molecule has 0 bridgehead atoms. The van der Waals surface area contributed by atoms with E-state index >= 15 is 0 Å². The number of aromatic nitrogens is 1. The van der Waals surface area contributed by atoms with Crippen LogP contribution >= 0.6 is 0 Å². The summed E-state index contributed by atoms with van der Waals surface area (Å²) in [6.45, 7) is 3.72. The maximum atomic E-state index is 12.8. The van der Waals surface area contributed by atoms with Crippen LogP contribution in [0.3, 0.4) is 0 Å². The van der Waals surface area contributed by atoms with Gasteiger partial charge in [-0.3, -0.25) is 0 Å². The summed E-state index contributed by atoms with van der Waals surface area (Å²) in [6.07, 6.45) is 3.27. The first-order valence-electron chi connectivity index (χ1n) is 8.70. The minimum absolute atomic E-state index is 0.707. The first kappa shape index (κ1) is 16.9. The van der Waals surface area contributed by atoms with Gasteiger partial charge >= 0.3 is 0 Å². The fourth-order valence-electron chi connectivity index (χ4n) is 3.32. The van der Waals surface area contributed by atoms with Gasteiger partial charge in [-0.15, -0.1) is 0 Å². The van der Waals surface area contributed by atoms with E-state index in [1.807, 2.05) is 48.5 Å². The fraction of sp³-hybridized carbons (Fsp3) is 0.200. The van der Waals surface area contributed by atoms with Crippen molar-refractivity contribution in [3.05, 3.63) is 71.8 Å². The van der Waals surface area contributed by atoms with Gasteiger partial charge in [0, 0.05) is 43.4 Å². The minimum atomic E-state index is -3.58. The van der Waals surface area contributed by atoms with E-state index in [0.717, 1.165) is 42.8 Å². The molecule has 3 aromatic rings.